The van der Waals surface area contributed by atoms with Crippen LogP contribution in [0, 0.1) is 6.92 Å². The molecule has 0 atom stereocenters. The van der Waals surface area contributed by atoms with E-state index in [0.717, 1.165) is 11.1 Å². The van der Waals surface area contributed by atoms with E-state index in [0.29, 0.717) is 17.8 Å². The smallest absolute Gasteiger partial charge is 0.319 e. The second kappa shape index (κ2) is 7.26. The van der Waals surface area contributed by atoms with Crippen molar-refractivity contribution >= 4 is 17.6 Å². The molecule has 0 radical (unpaired) electrons. The van der Waals surface area contributed by atoms with Gasteiger partial charge in [-0.05, 0) is 30.2 Å². The summed E-state index contributed by atoms with van der Waals surface area (Å²) < 4.78 is 0. The standard InChI is InChI=1S/C17H19N3O2/c1-12-8-9-14(16(21)18-2)10-15(12)20-17(22)19-11-13-6-4-3-5-7-13/h3-10H,11H2,1-2H3,(H,18,21)(H2,19,20,22). The number of carbonyl (C=O) groups is 2. The van der Waals surface area contributed by atoms with E-state index in [2.05, 4.69) is 16.0 Å². The fourth-order valence-electron chi connectivity index (χ4n) is 1.99. The molecule has 0 aliphatic heterocycles. The lowest BCUT2D eigenvalue weighted by atomic mass is 10.1. The van der Waals surface area contributed by atoms with Gasteiger partial charge in [0, 0.05) is 24.8 Å². The number of amides is 3. The number of hydrogen-bond donors (Lipinski definition) is 3. The molecule has 0 bridgehead atoms. The second-order valence-corrected chi connectivity index (χ2v) is 4.90. The van der Waals surface area contributed by atoms with Crippen LogP contribution in [0.25, 0.3) is 0 Å². The molecule has 0 spiro atoms. The maximum absolute atomic E-state index is 12.0. The largest absolute Gasteiger partial charge is 0.355 e. The monoisotopic (exact) mass is 297 g/mol. The topological polar surface area (TPSA) is 70.2 Å². The van der Waals surface area contributed by atoms with E-state index in [1.807, 2.05) is 37.3 Å². The molecule has 0 aliphatic carbocycles. The summed E-state index contributed by atoms with van der Waals surface area (Å²) in [6.07, 6.45) is 0. The summed E-state index contributed by atoms with van der Waals surface area (Å²) in [5.41, 5.74) is 3.04. The van der Waals surface area contributed by atoms with Crippen LogP contribution >= 0.6 is 0 Å². The first-order valence-electron chi connectivity index (χ1n) is 7.01. The zero-order chi connectivity index (χ0) is 15.9. The van der Waals surface area contributed by atoms with Gasteiger partial charge in [0.05, 0.1) is 0 Å². The SMILES string of the molecule is CNC(=O)c1ccc(C)c(NC(=O)NCc2ccccc2)c1. The van der Waals surface area contributed by atoms with Gasteiger partial charge >= 0.3 is 6.03 Å². The van der Waals surface area contributed by atoms with Crippen LogP contribution in [0.4, 0.5) is 10.5 Å². The molecule has 3 N–H and O–H groups in total. The number of benzene rings is 2. The summed E-state index contributed by atoms with van der Waals surface area (Å²) >= 11 is 0. The third-order valence-corrected chi connectivity index (χ3v) is 3.27. The van der Waals surface area contributed by atoms with Gasteiger partial charge in [-0.2, -0.15) is 0 Å². The summed E-state index contributed by atoms with van der Waals surface area (Å²) in [5.74, 6) is -0.187. The first kappa shape index (κ1) is 15.6. The first-order chi connectivity index (χ1) is 10.6. The highest BCUT2D eigenvalue weighted by atomic mass is 16.2. The van der Waals surface area contributed by atoms with Gasteiger partial charge in [-0.15, -0.1) is 0 Å². The highest BCUT2D eigenvalue weighted by molar-refractivity contribution is 5.97. The van der Waals surface area contributed by atoms with Crippen LogP contribution in [0.5, 0.6) is 0 Å². The van der Waals surface area contributed by atoms with E-state index in [1.54, 1.807) is 25.2 Å². The quantitative estimate of drug-likeness (QED) is 0.812. The summed E-state index contributed by atoms with van der Waals surface area (Å²) in [4.78, 5) is 23.6. The zero-order valence-electron chi connectivity index (χ0n) is 12.6. The van der Waals surface area contributed by atoms with Crippen LogP contribution in [0.2, 0.25) is 0 Å². The Kier molecular flexibility index (Phi) is 5.14. The predicted octanol–water partition coefficient (Wildman–Crippen LogP) is 2.68. The van der Waals surface area contributed by atoms with Gasteiger partial charge < -0.3 is 16.0 Å². The van der Waals surface area contributed by atoms with Crippen molar-refractivity contribution < 1.29 is 9.59 Å². The zero-order valence-corrected chi connectivity index (χ0v) is 12.6. The van der Waals surface area contributed by atoms with Crippen LogP contribution < -0.4 is 16.0 Å². The Hall–Kier alpha value is -2.82. The predicted molar refractivity (Wildman–Crippen MR) is 86.9 cm³/mol. The van der Waals surface area contributed by atoms with E-state index >= 15 is 0 Å². The average Bonchev–Trinajstić information content (AvgIpc) is 2.55. The highest BCUT2D eigenvalue weighted by Gasteiger charge is 2.08. The van der Waals surface area contributed by atoms with Crippen LogP contribution in [-0.2, 0) is 6.54 Å². The van der Waals surface area contributed by atoms with Crippen molar-refractivity contribution in [2.75, 3.05) is 12.4 Å². The summed E-state index contributed by atoms with van der Waals surface area (Å²) in [6, 6.07) is 14.5. The van der Waals surface area contributed by atoms with Gasteiger partial charge in [-0.25, -0.2) is 4.79 Å². The van der Waals surface area contributed by atoms with Crippen LogP contribution in [0.1, 0.15) is 21.5 Å². The molecular formula is C17H19N3O2. The van der Waals surface area contributed by atoms with Crippen molar-refractivity contribution in [2.45, 2.75) is 13.5 Å². The van der Waals surface area contributed by atoms with E-state index in [1.165, 1.54) is 0 Å². The lowest BCUT2D eigenvalue weighted by Crippen LogP contribution is -2.28. The molecule has 114 valence electrons. The Morgan fingerprint density at radius 3 is 2.45 bits per heavy atom. The molecule has 0 aliphatic rings. The Morgan fingerprint density at radius 1 is 1.05 bits per heavy atom. The maximum atomic E-state index is 12.0. The summed E-state index contributed by atoms with van der Waals surface area (Å²) in [5, 5.41) is 8.12. The third-order valence-electron chi connectivity index (χ3n) is 3.27. The summed E-state index contributed by atoms with van der Waals surface area (Å²) in [7, 11) is 1.57. The Labute approximate surface area is 129 Å². The van der Waals surface area contributed by atoms with Crippen molar-refractivity contribution in [2.24, 2.45) is 0 Å². The van der Waals surface area contributed by atoms with Gasteiger partial charge in [-0.3, -0.25) is 4.79 Å². The van der Waals surface area contributed by atoms with Gasteiger partial charge in [0.15, 0.2) is 0 Å². The van der Waals surface area contributed by atoms with E-state index in [9.17, 15) is 9.59 Å². The molecule has 2 aromatic rings. The van der Waals surface area contributed by atoms with Gasteiger partial charge in [0.1, 0.15) is 0 Å². The van der Waals surface area contributed by atoms with Crippen molar-refractivity contribution in [3.8, 4) is 0 Å². The fraction of sp³-hybridized carbons (Fsp3) is 0.176. The number of anilines is 1. The molecule has 0 unspecified atom stereocenters. The lowest BCUT2D eigenvalue weighted by molar-refractivity contribution is 0.0963. The Bertz CT molecular complexity index is 669. The molecule has 2 rings (SSSR count). The molecular weight excluding hydrogens is 278 g/mol. The minimum absolute atomic E-state index is 0.187. The molecule has 0 heterocycles. The molecule has 2 aromatic carbocycles. The van der Waals surface area contributed by atoms with Crippen molar-refractivity contribution in [3.05, 3.63) is 65.2 Å². The third kappa shape index (κ3) is 4.09. The van der Waals surface area contributed by atoms with Gasteiger partial charge in [0.25, 0.3) is 5.91 Å². The number of aryl methyl sites for hydroxylation is 1. The molecule has 22 heavy (non-hydrogen) atoms. The minimum Gasteiger partial charge on any atom is -0.355 e. The van der Waals surface area contributed by atoms with Crippen molar-refractivity contribution in [3.63, 3.8) is 0 Å². The van der Waals surface area contributed by atoms with Crippen LogP contribution in [0.3, 0.4) is 0 Å². The van der Waals surface area contributed by atoms with Crippen molar-refractivity contribution in [1.82, 2.24) is 10.6 Å². The molecule has 0 aromatic heterocycles. The Morgan fingerprint density at radius 2 is 1.77 bits per heavy atom. The molecule has 0 fully saturated rings. The van der Waals surface area contributed by atoms with Gasteiger partial charge in [0.2, 0.25) is 0 Å². The number of nitrogens with one attached hydrogen (secondary N) is 3. The average molecular weight is 297 g/mol. The lowest BCUT2D eigenvalue weighted by Gasteiger charge is -2.11. The maximum Gasteiger partial charge on any atom is 0.319 e. The first-order valence-corrected chi connectivity index (χ1v) is 7.01. The van der Waals surface area contributed by atoms with Gasteiger partial charge in [-0.1, -0.05) is 36.4 Å². The van der Waals surface area contributed by atoms with Crippen molar-refractivity contribution in [1.29, 1.82) is 0 Å². The summed E-state index contributed by atoms with van der Waals surface area (Å²) in [6.45, 7) is 2.32. The van der Waals surface area contributed by atoms with Crippen LogP contribution in [0.15, 0.2) is 48.5 Å². The fourth-order valence-corrected chi connectivity index (χ4v) is 1.99. The Balaban J connectivity index is 2.00. The number of urea groups is 1. The number of rotatable bonds is 4. The number of carbonyl (C=O) groups excluding carboxylic acids is 2. The molecule has 5 nitrogen and oxygen atoms in total. The number of hydrogen-bond acceptors (Lipinski definition) is 2. The van der Waals surface area contributed by atoms with E-state index < -0.39 is 0 Å². The van der Waals surface area contributed by atoms with E-state index in [4.69, 9.17) is 0 Å². The molecule has 0 saturated heterocycles. The molecule has 5 heteroatoms. The normalized spacial score (nSPS) is 9.91. The van der Waals surface area contributed by atoms with E-state index in [-0.39, 0.29) is 11.9 Å². The highest BCUT2D eigenvalue weighted by Crippen LogP contribution is 2.16. The van der Waals surface area contributed by atoms with Crippen LogP contribution in [-0.4, -0.2) is 19.0 Å². The second-order valence-electron chi connectivity index (χ2n) is 4.90. The molecule has 3 amide bonds. The minimum atomic E-state index is -0.305. The molecule has 0 saturated carbocycles.